The largest absolute Gasteiger partial charge is 0.469 e. The molecule has 110 valence electrons. The second-order valence-electron chi connectivity index (χ2n) is 4.21. The van der Waals surface area contributed by atoms with E-state index in [9.17, 15) is 9.59 Å². The lowest BCUT2D eigenvalue weighted by molar-refractivity contribution is -0.141. The third kappa shape index (κ3) is 5.22. The van der Waals surface area contributed by atoms with Crippen molar-refractivity contribution in [2.75, 3.05) is 19.9 Å². The van der Waals surface area contributed by atoms with E-state index in [2.05, 4.69) is 10.1 Å². The van der Waals surface area contributed by atoms with Gasteiger partial charge in [-0.25, -0.2) is 0 Å². The number of hydrogen-bond acceptors (Lipinski definition) is 5. The summed E-state index contributed by atoms with van der Waals surface area (Å²) >= 11 is 1.63. The van der Waals surface area contributed by atoms with E-state index in [1.807, 2.05) is 30.5 Å². The summed E-state index contributed by atoms with van der Waals surface area (Å²) in [7, 11) is 1.33. The summed E-state index contributed by atoms with van der Waals surface area (Å²) in [6.45, 7) is 0.280. The molecule has 0 saturated heterocycles. The summed E-state index contributed by atoms with van der Waals surface area (Å²) in [6.07, 6.45) is 2.33. The molecule has 3 N–H and O–H groups in total. The van der Waals surface area contributed by atoms with Gasteiger partial charge in [-0.1, -0.05) is 12.1 Å². The van der Waals surface area contributed by atoms with Gasteiger partial charge in [-0.3, -0.25) is 9.59 Å². The Bertz CT molecular complexity index is 448. The van der Waals surface area contributed by atoms with Crippen molar-refractivity contribution in [3.63, 3.8) is 0 Å². The van der Waals surface area contributed by atoms with Crippen LogP contribution >= 0.6 is 11.8 Å². The Morgan fingerprint density at radius 2 is 2.00 bits per heavy atom. The van der Waals surface area contributed by atoms with Gasteiger partial charge in [-0.05, 0) is 24.0 Å². The molecule has 1 rings (SSSR count). The number of hydrogen-bond donors (Lipinski definition) is 2. The van der Waals surface area contributed by atoms with Crippen molar-refractivity contribution in [1.82, 2.24) is 5.32 Å². The van der Waals surface area contributed by atoms with Gasteiger partial charge in [0.15, 0.2) is 0 Å². The first-order chi connectivity index (χ1) is 9.60. The van der Waals surface area contributed by atoms with E-state index < -0.39 is 6.04 Å². The summed E-state index contributed by atoms with van der Waals surface area (Å²) in [4.78, 5) is 24.3. The van der Waals surface area contributed by atoms with E-state index in [4.69, 9.17) is 5.73 Å². The highest BCUT2D eigenvalue weighted by Gasteiger charge is 2.18. The minimum atomic E-state index is -0.391. The number of amides is 1. The molecule has 0 heterocycles. The van der Waals surface area contributed by atoms with E-state index in [-0.39, 0.29) is 31.3 Å². The van der Waals surface area contributed by atoms with Gasteiger partial charge >= 0.3 is 5.97 Å². The first kappa shape index (κ1) is 16.5. The Morgan fingerprint density at radius 3 is 2.50 bits per heavy atom. The maximum Gasteiger partial charge on any atom is 0.307 e. The second kappa shape index (κ2) is 8.60. The van der Waals surface area contributed by atoms with Crippen molar-refractivity contribution in [1.29, 1.82) is 0 Å². The van der Waals surface area contributed by atoms with Gasteiger partial charge in [0.25, 0.3) is 0 Å². The van der Waals surface area contributed by atoms with Crippen LogP contribution in [0.2, 0.25) is 0 Å². The van der Waals surface area contributed by atoms with Crippen molar-refractivity contribution in [2.24, 2.45) is 5.73 Å². The van der Waals surface area contributed by atoms with E-state index in [1.165, 1.54) is 7.11 Å². The average molecular weight is 296 g/mol. The van der Waals surface area contributed by atoms with Crippen molar-refractivity contribution < 1.29 is 14.3 Å². The standard InChI is InChI=1S/C14H20N2O3S/c1-19-14(18)9-12(16-13(17)7-8-15)10-3-5-11(20-2)6-4-10/h3-6,12H,7-9,15H2,1-2H3,(H,16,17). The number of carbonyl (C=O) groups excluding carboxylic acids is 2. The van der Waals surface area contributed by atoms with Crippen LogP contribution in [0.15, 0.2) is 29.2 Å². The molecule has 1 unspecified atom stereocenters. The fraction of sp³-hybridized carbons (Fsp3) is 0.429. The summed E-state index contributed by atoms with van der Waals surface area (Å²) in [6, 6.07) is 7.33. The Labute approximate surface area is 123 Å². The van der Waals surface area contributed by atoms with Gasteiger partial charge in [-0.2, -0.15) is 0 Å². The van der Waals surface area contributed by atoms with Crippen LogP contribution < -0.4 is 11.1 Å². The number of thioether (sulfide) groups is 1. The monoisotopic (exact) mass is 296 g/mol. The first-order valence-electron chi connectivity index (χ1n) is 6.31. The summed E-state index contributed by atoms with van der Waals surface area (Å²) < 4.78 is 4.67. The molecule has 5 nitrogen and oxygen atoms in total. The first-order valence-corrected chi connectivity index (χ1v) is 7.53. The van der Waals surface area contributed by atoms with Crippen molar-refractivity contribution in [3.8, 4) is 0 Å². The van der Waals surface area contributed by atoms with Crippen LogP contribution in [0.5, 0.6) is 0 Å². The summed E-state index contributed by atoms with van der Waals surface area (Å²) in [5.41, 5.74) is 6.23. The Morgan fingerprint density at radius 1 is 1.35 bits per heavy atom. The molecule has 1 amide bonds. The van der Waals surface area contributed by atoms with Gasteiger partial charge in [0, 0.05) is 17.9 Å². The number of nitrogens with two attached hydrogens (primary N) is 1. The number of benzene rings is 1. The van der Waals surface area contributed by atoms with Crippen LogP contribution in [-0.2, 0) is 14.3 Å². The minimum absolute atomic E-state index is 0.103. The number of carbonyl (C=O) groups is 2. The molecule has 20 heavy (non-hydrogen) atoms. The third-order valence-corrected chi connectivity index (χ3v) is 3.57. The topological polar surface area (TPSA) is 81.4 Å². The number of esters is 1. The van der Waals surface area contributed by atoms with Crippen LogP contribution in [-0.4, -0.2) is 31.8 Å². The quantitative estimate of drug-likeness (QED) is 0.588. The van der Waals surface area contributed by atoms with E-state index in [0.29, 0.717) is 0 Å². The Balaban J connectivity index is 2.84. The highest BCUT2D eigenvalue weighted by Crippen LogP contribution is 2.21. The molecular formula is C14H20N2O3S. The molecular weight excluding hydrogens is 276 g/mol. The minimum Gasteiger partial charge on any atom is -0.469 e. The summed E-state index contributed by atoms with van der Waals surface area (Å²) in [5, 5.41) is 2.81. The molecule has 0 bridgehead atoms. The normalized spacial score (nSPS) is 11.8. The second-order valence-corrected chi connectivity index (χ2v) is 5.09. The van der Waals surface area contributed by atoms with Crippen LogP contribution in [0.4, 0.5) is 0 Å². The molecule has 0 aromatic heterocycles. The lowest BCUT2D eigenvalue weighted by Crippen LogP contribution is -2.31. The molecule has 0 aliphatic heterocycles. The van der Waals surface area contributed by atoms with Crippen molar-refractivity contribution >= 4 is 23.6 Å². The maximum atomic E-state index is 11.7. The molecule has 0 saturated carbocycles. The van der Waals surface area contributed by atoms with E-state index in [0.717, 1.165) is 10.5 Å². The van der Waals surface area contributed by atoms with Crippen LogP contribution in [0.25, 0.3) is 0 Å². The molecule has 0 fully saturated rings. The van der Waals surface area contributed by atoms with Crippen LogP contribution in [0.1, 0.15) is 24.4 Å². The van der Waals surface area contributed by atoms with Crippen molar-refractivity contribution in [2.45, 2.75) is 23.8 Å². The number of methoxy groups -OCH3 is 1. The zero-order chi connectivity index (χ0) is 15.0. The van der Waals surface area contributed by atoms with Gasteiger partial charge < -0.3 is 15.8 Å². The summed E-state index contributed by atoms with van der Waals surface area (Å²) in [5.74, 6) is -0.535. The highest BCUT2D eigenvalue weighted by atomic mass is 32.2. The van der Waals surface area contributed by atoms with Crippen molar-refractivity contribution in [3.05, 3.63) is 29.8 Å². The van der Waals surface area contributed by atoms with Crippen LogP contribution in [0.3, 0.4) is 0 Å². The predicted octanol–water partition coefficient (Wildman–Crippen LogP) is 1.48. The number of ether oxygens (including phenoxy) is 1. The molecule has 0 aliphatic carbocycles. The number of rotatable bonds is 7. The smallest absolute Gasteiger partial charge is 0.307 e. The van der Waals surface area contributed by atoms with E-state index in [1.54, 1.807) is 11.8 Å². The molecule has 0 aliphatic rings. The Hall–Kier alpha value is -1.53. The lowest BCUT2D eigenvalue weighted by atomic mass is 10.0. The van der Waals surface area contributed by atoms with Gasteiger partial charge in [0.2, 0.25) is 5.91 Å². The SMILES string of the molecule is COC(=O)CC(NC(=O)CCN)c1ccc(SC)cc1. The van der Waals surface area contributed by atoms with Gasteiger partial charge in [0.05, 0.1) is 19.6 Å². The molecule has 6 heteroatoms. The fourth-order valence-electron chi connectivity index (χ4n) is 1.74. The number of nitrogens with one attached hydrogen (secondary N) is 1. The molecule has 1 aromatic carbocycles. The zero-order valence-corrected chi connectivity index (χ0v) is 12.5. The Kier molecular flexibility index (Phi) is 7.11. The van der Waals surface area contributed by atoms with E-state index >= 15 is 0 Å². The molecule has 0 spiro atoms. The van der Waals surface area contributed by atoms with Gasteiger partial charge in [0.1, 0.15) is 0 Å². The average Bonchev–Trinajstić information content (AvgIpc) is 2.46. The third-order valence-electron chi connectivity index (χ3n) is 2.82. The highest BCUT2D eigenvalue weighted by molar-refractivity contribution is 7.98. The molecule has 1 aromatic rings. The van der Waals surface area contributed by atoms with Crippen LogP contribution in [0, 0.1) is 0 Å². The molecule has 0 radical (unpaired) electrons. The van der Waals surface area contributed by atoms with Gasteiger partial charge in [-0.15, -0.1) is 11.8 Å². The lowest BCUT2D eigenvalue weighted by Gasteiger charge is -2.18. The maximum absolute atomic E-state index is 11.7. The molecule has 1 atom stereocenters. The fourth-order valence-corrected chi connectivity index (χ4v) is 2.14. The predicted molar refractivity (Wildman–Crippen MR) is 79.4 cm³/mol. The zero-order valence-electron chi connectivity index (χ0n) is 11.7.